The van der Waals surface area contributed by atoms with E-state index in [9.17, 15) is 14.0 Å². The predicted molar refractivity (Wildman–Crippen MR) is 107 cm³/mol. The van der Waals surface area contributed by atoms with E-state index in [-0.39, 0.29) is 22.7 Å². The van der Waals surface area contributed by atoms with Gasteiger partial charge in [-0.2, -0.15) is 0 Å². The molecule has 1 aliphatic rings. The van der Waals surface area contributed by atoms with Crippen molar-refractivity contribution in [3.63, 3.8) is 0 Å². The van der Waals surface area contributed by atoms with E-state index in [2.05, 4.69) is 0 Å². The molecule has 0 spiro atoms. The number of imide groups is 1. The van der Waals surface area contributed by atoms with Crippen LogP contribution in [0, 0.1) is 5.82 Å². The van der Waals surface area contributed by atoms with Gasteiger partial charge in [0, 0.05) is 5.02 Å². The van der Waals surface area contributed by atoms with Crippen molar-refractivity contribution < 1.29 is 14.0 Å². The van der Waals surface area contributed by atoms with E-state index in [1.54, 1.807) is 6.08 Å². The van der Waals surface area contributed by atoms with E-state index in [1.807, 2.05) is 42.5 Å². The molecular weight excluding hydrogens is 385 g/mol. The highest BCUT2D eigenvalue weighted by molar-refractivity contribution is 8.18. The molecule has 0 unspecified atom stereocenters. The molecule has 1 aliphatic heterocycles. The first-order valence-corrected chi connectivity index (χ1v) is 9.39. The van der Waals surface area contributed by atoms with Crippen LogP contribution in [0.15, 0.2) is 65.6 Å². The van der Waals surface area contributed by atoms with Crippen LogP contribution < -0.4 is 0 Å². The average molecular weight is 398 g/mol. The Morgan fingerprint density at radius 2 is 1.81 bits per heavy atom. The molecule has 0 radical (unpaired) electrons. The Balaban J connectivity index is 1.65. The Labute approximate surface area is 164 Å². The summed E-state index contributed by atoms with van der Waals surface area (Å²) in [4.78, 5) is 26.6. The topological polar surface area (TPSA) is 37.4 Å². The van der Waals surface area contributed by atoms with Crippen molar-refractivity contribution in [1.82, 2.24) is 4.90 Å². The standard InChI is InChI=1S/C21H13ClFNO2S/c22-18-11-16(23)9-8-15(18)12-24-20(25)19(27-21(24)26)10-14-6-3-5-13-4-1-2-7-17(13)14/h1-11H,12H2/b19-10-. The quantitative estimate of drug-likeness (QED) is 0.519. The van der Waals surface area contributed by atoms with Gasteiger partial charge in [-0.05, 0) is 51.9 Å². The summed E-state index contributed by atoms with van der Waals surface area (Å²) in [5.41, 5.74) is 1.39. The van der Waals surface area contributed by atoms with Gasteiger partial charge in [0.05, 0.1) is 11.4 Å². The summed E-state index contributed by atoms with van der Waals surface area (Å²) in [5, 5.41) is 1.89. The van der Waals surface area contributed by atoms with Gasteiger partial charge in [0.1, 0.15) is 5.82 Å². The molecule has 6 heteroatoms. The van der Waals surface area contributed by atoms with Gasteiger partial charge >= 0.3 is 0 Å². The van der Waals surface area contributed by atoms with Crippen LogP contribution in [0.4, 0.5) is 9.18 Å². The minimum absolute atomic E-state index is 0.0106. The van der Waals surface area contributed by atoms with Crippen LogP contribution >= 0.6 is 23.4 Å². The Hall–Kier alpha value is -2.63. The second kappa shape index (κ2) is 7.18. The van der Waals surface area contributed by atoms with Crippen molar-refractivity contribution in [2.24, 2.45) is 0 Å². The van der Waals surface area contributed by atoms with Crippen LogP contribution in [0.1, 0.15) is 11.1 Å². The number of halogens is 2. The van der Waals surface area contributed by atoms with Crippen LogP contribution in [0.3, 0.4) is 0 Å². The zero-order valence-electron chi connectivity index (χ0n) is 14.0. The smallest absolute Gasteiger partial charge is 0.268 e. The Bertz CT molecular complexity index is 1110. The third-order valence-corrected chi connectivity index (χ3v) is 5.59. The minimum Gasteiger partial charge on any atom is -0.268 e. The normalized spacial score (nSPS) is 15.9. The first kappa shape index (κ1) is 17.8. The fourth-order valence-electron chi connectivity index (χ4n) is 2.97. The second-order valence-electron chi connectivity index (χ2n) is 6.07. The van der Waals surface area contributed by atoms with E-state index in [1.165, 1.54) is 18.2 Å². The highest BCUT2D eigenvalue weighted by atomic mass is 35.5. The summed E-state index contributed by atoms with van der Waals surface area (Å²) < 4.78 is 13.2. The number of hydrogen-bond acceptors (Lipinski definition) is 3. The molecule has 0 bridgehead atoms. The molecule has 0 atom stereocenters. The molecule has 0 aliphatic carbocycles. The SMILES string of the molecule is O=C1S/C(=C\c2cccc3ccccc23)C(=O)N1Cc1ccc(F)cc1Cl. The van der Waals surface area contributed by atoms with E-state index >= 15 is 0 Å². The van der Waals surface area contributed by atoms with Crippen LogP contribution in [0.5, 0.6) is 0 Å². The summed E-state index contributed by atoms with van der Waals surface area (Å²) in [7, 11) is 0. The summed E-state index contributed by atoms with van der Waals surface area (Å²) in [6.45, 7) is 0.0106. The maximum atomic E-state index is 13.2. The maximum Gasteiger partial charge on any atom is 0.293 e. The third kappa shape index (κ3) is 3.48. The largest absolute Gasteiger partial charge is 0.293 e. The molecule has 134 valence electrons. The maximum absolute atomic E-state index is 13.2. The predicted octanol–water partition coefficient (Wildman–Crippen LogP) is 5.87. The molecule has 0 N–H and O–H groups in total. The lowest BCUT2D eigenvalue weighted by atomic mass is 10.0. The van der Waals surface area contributed by atoms with Gasteiger partial charge in [-0.15, -0.1) is 0 Å². The second-order valence-corrected chi connectivity index (χ2v) is 7.47. The van der Waals surface area contributed by atoms with Gasteiger partial charge in [0.15, 0.2) is 0 Å². The van der Waals surface area contributed by atoms with Gasteiger partial charge < -0.3 is 0 Å². The van der Waals surface area contributed by atoms with Crippen molar-refractivity contribution in [1.29, 1.82) is 0 Å². The minimum atomic E-state index is -0.464. The highest BCUT2D eigenvalue weighted by Crippen LogP contribution is 2.35. The molecule has 4 rings (SSSR count). The summed E-state index contributed by atoms with van der Waals surface area (Å²) >= 11 is 6.92. The lowest BCUT2D eigenvalue weighted by Crippen LogP contribution is -2.27. The number of carbonyl (C=O) groups is 2. The monoisotopic (exact) mass is 397 g/mol. The number of amides is 2. The molecule has 0 aromatic heterocycles. The lowest BCUT2D eigenvalue weighted by Gasteiger charge is -2.13. The van der Waals surface area contributed by atoms with Crippen molar-refractivity contribution >= 4 is 51.4 Å². The van der Waals surface area contributed by atoms with E-state index in [0.717, 1.165) is 33.0 Å². The van der Waals surface area contributed by atoms with Crippen molar-refractivity contribution in [2.45, 2.75) is 6.54 Å². The van der Waals surface area contributed by atoms with Gasteiger partial charge in [-0.1, -0.05) is 60.1 Å². The molecule has 1 saturated heterocycles. The lowest BCUT2D eigenvalue weighted by molar-refractivity contribution is -0.123. The van der Waals surface area contributed by atoms with E-state index < -0.39 is 5.82 Å². The van der Waals surface area contributed by atoms with Gasteiger partial charge in [0.2, 0.25) is 0 Å². The number of carbonyl (C=O) groups excluding carboxylic acids is 2. The number of thioether (sulfide) groups is 1. The number of fused-ring (bicyclic) bond motifs is 1. The van der Waals surface area contributed by atoms with Crippen molar-refractivity contribution in [3.8, 4) is 0 Å². The summed E-state index contributed by atoms with van der Waals surface area (Å²) in [6.07, 6.45) is 1.74. The molecular formula is C21H13ClFNO2S. The van der Waals surface area contributed by atoms with Crippen LogP contribution in [0.2, 0.25) is 5.02 Å². The van der Waals surface area contributed by atoms with E-state index in [4.69, 9.17) is 11.6 Å². The Morgan fingerprint density at radius 1 is 1.04 bits per heavy atom. The summed E-state index contributed by atoms with van der Waals surface area (Å²) in [6, 6.07) is 17.6. The number of benzene rings is 3. The molecule has 3 aromatic rings. The average Bonchev–Trinajstić information content (AvgIpc) is 2.91. The van der Waals surface area contributed by atoms with Crippen molar-refractivity contribution in [2.75, 3.05) is 0 Å². The Kier molecular flexibility index (Phi) is 4.72. The molecule has 3 aromatic carbocycles. The van der Waals surface area contributed by atoms with Gasteiger partial charge in [-0.25, -0.2) is 4.39 Å². The molecule has 1 heterocycles. The first-order chi connectivity index (χ1) is 13.0. The van der Waals surface area contributed by atoms with Gasteiger partial charge in [0.25, 0.3) is 11.1 Å². The van der Waals surface area contributed by atoms with E-state index in [0.29, 0.717) is 10.5 Å². The molecule has 1 fully saturated rings. The van der Waals surface area contributed by atoms with Gasteiger partial charge in [-0.3, -0.25) is 14.5 Å². The molecule has 3 nitrogen and oxygen atoms in total. The molecule has 2 amide bonds. The van der Waals surface area contributed by atoms with Crippen LogP contribution in [-0.2, 0) is 11.3 Å². The zero-order valence-corrected chi connectivity index (χ0v) is 15.6. The highest BCUT2D eigenvalue weighted by Gasteiger charge is 2.35. The van der Waals surface area contributed by atoms with Crippen LogP contribution in [0.25, 0.3) is 16.8 Å². The fraction of sp³-hybridized carbons (Fsp3) is 0.0476. The number of rotatable bonds is 3. The molecule has 27 heavy (non-hydrogen) atoms. The molecule has 0 saturated carbocycles. The summed E-state index contributed by atoms with van der Waals surface area (Å²) in [5.74, 6) is -0.841. The zero-order chi connectivity index (χ0) is 19.0. The van der Waals surface area contributed by atoms with Crippen molar-refractivity contribution in [3.05, 3.63) is 87.5 Å². The Morgan fingerprint density at radius 3 is 2.63 bits per heavy atom. The third-order valence-electron chi connectivity index (χ3n) is 4.33. The fourth-order valence-corrected chi connectivity index (χ4v) is 4.03. The number of hydrogen-bond donors (Lipinski definition) is 0. The first-order valence-electron chi connectivity index (χ1n) is 8.20. The number of nitrogens with zero attached hydrogens (tertiary/aromatic N) is 1. The van der Waals surface area contributed by atoms with Crippen LogP contribution in [-0.4, -0.2) is 16.0 Å².